The molecule has 0 atom stereocenters. The largest absolute Gasteiger partial charge is 0.339 e. The molecule has 1 aromatic heterocycles. The van der Waals surface area contributed by atoms with E-state index in [9.17, 15) is 18.3 Å². The van der Waals surface area contributed by atoms with E-state index in [-0.39, 0.29) is 23.0 Å². The Labute approximate surface area is 190 Å². The summed E-state index contributed by atoms with van der Waals surface area (Å²) in [6.45, 7) is 1.69. The predicted octanol–water partition coefficient (Wildman–Crippen LogP) is 4.44. The highest BCUT2D eigenvalue weighted by atomic mass is 32.2. The van der Waals surface area contributed by atoms with Crippen molar-refractivity contribution in [2.45, 2.75) is 18.2 Å². The third-order valence-corrected chi connectivity index (χ3v) is 6.09. The standard InChI is InChI=1S/C24H20N3O5S/c1-15-25-24(27-32-15)16-6-5-7-18(12-16)26-23(29)14-17-13-19(28)10-11-20(17)21-8-3-4-9-22(21)33(2,30)31/h3-13H,14H2,1-2H3,(H,26,29). The van der Waals surface area contributed by atoms with Gasteiger partial charge in [-0.3, -0.25) is 9.90 Å². The Bertz CT molecular complexity index is 1440. The molecule has 0 aliphatic carbocycles. The van der Waals surface area contributed by atoms with Crippen molar-refractivity contribution in [1.82, 2.24) is 10.1 Å². The van der Waals surface area contributed by atoms with Crippen LogP contribution in [0.25, 0.3) is 22.5 Å². The van der Waals surface area contributed by atoms with Crippen LogP contribution < -0.4 is 5.32 Å². The van der Waals surface area contributed by atoms with E-state index in [1.165, 1.54) is 18.2 Å². The van der Waals surface area contributed by atoms with Gasteiger partial charge in [0.25, 0.3) is 0 Å². The van der Waals surface area contributed by atoms with Crippen LogP contribution in [0.1, 0.15) is 11.5 Å². The Morgan fingerprint density at radius 2 is 1.79 bits per heavy atom. The Hall–Kier alpha value is -3.98. The number of sulfone groups is 1. The molecule has 1 N–H and O–H groups in total. The molecular formula is C24H20N3O5S. The molecule has 1 radical (unpaired) electrons. The van der Waals surface area contributed by atoms with Crippen molar-refractivity contribution >= 4 is 21.4 Å². The molecule has 0 aliphatic rings. The molecule has 1 amide bonds. The topological polar surface area (TPSA) is 122 Å². The number of aromatic nitrogens is 2. The number of nitrogens with one attached hydrogen (secondary N) is 1. The molecule has 33 heavy (non-hydrogen) atoms. The van der Waals surface area contributed by atoms with Crippen molar-refractivity contribution in [1.29, 1.82) is 0 Å². The summed E-state index contributed by atoms with van der Waals surface area (Å²) in [6.07, 6.45) is 1.01. The molecule has 0 spiro atoms. The average Bonchev–Trinajstić information content (AvgIpc) is 3.20. The van der Waals surface area contributed by atoms with E-state index in [1.54, 1.807) is 55.5 Å². The Morgan fingerprint density at radius 1 is 1.00 bits per heavy atom. The molecule has 4 rings (SSSR count). The molecule has 0 saturated carbocycles. The van der Waals surface area contributed by atoms with Crippen molar-refractivity contribution in [3.63, 3.8) is 0 Å². The van der Waals surface area contributed by atoms with E-state index in [0.717, 1.165) is 6.26 Å². The van der Waals surface area contributed by atoms with Gasteiger partial charge in [0.15, 0.2) is 15.6 Å². The van der Waals surface area contributed by atoms with Crippen LogP contribution in [0.4, 0.5) is 5.69 Å². The summed E-state index contributed by atoms with van der Waals surface area (Å²) in [7, 11) is -3.51. The third-order valence-electron chi connectivity index (χ3n) is 4.94. The second-order valence-electron chi connectivity index (χ2n) is 7.53. The van der Waals surface area contributed by atoms with E-state index in [0.29, 0.717) is 39.7 Å². The van der Waals surface area contributed by atoms with Gasteiger partial charge in [-0.2, -0.15) is 4.98 Å². The van der Waals surface area contributed by atoms with E-state index < -0.39 is 9.84 Å². The number of carbonyl (C=O) groups excluding carboxylic acids is 1. The Kier molecular flexibility index (Phi) is 5.97. The number of aryl methyl sites for hydroxylation is 1. The lowest BCUT2D eigenvalue weighted by Crippen LogP contribution is -2.15. The summed E-state index contributed by atoms with van der Waals surface area (Å²) in [5.41, 5.74) is 2.59. The van der Waals surface area contributed by atoms with Crippen molar-refractivity contribution in [3.05, 3.63) is 78.2 Å². The maximum absolute atomic E-state index is 12.8. The second kappa shape index (κ2) is 8.87. The maximum atomic E-state index is 12.8. The van der Waals surface area contributed by atoms with Gasteiger partial charge in [-0.05, 0) is 41.5 Å². The first kappa shape index (κ1) is 22.2. The Balaban J connectivity index is 1.62. The highest BCUT2D eigenvalue weighted by Gasteiger charge is 2.18. The minimum absolute atomic E-state index is 0.116. The lowest BCUT2D eigenvalue weighted by Gasteiger charge is -2.13. The minimum Gasteiger partial charge on any atom is -0.339 e. The molecule has 167 valence electrons. The highest BCUT2D eigenvalue weighted by molar-refractivity contribution is 7.90. The average molecular weight is 463 g/mol. The molecule has 0 bridgehead atoms. The van der Waals surface area contributed by atoms with Gasteiger partial charge in [-0.25, -0.2) is 8.42 Å². The molecular weight excluding hydrogens is 442 g/mol. The van der Waals surface area contributed by atoms with Gasteiger partial charge in [0.2, 0.25) is 17.6 Å². The van der Waals surface area contributed by atoms with Crippen molar-refractivity contribution in [2.24, 2.45) is 0 Å². The summed E-state index contributed by atoms with van der Waals surface area (Å²) in [5, 5.41) is 18.7. The number of hydrogen-bond donors (Lipinski definition) is 1. The molecule has 9 heteroatoms. The fourth-order valence-electron chi connectivity index (χ4n) is 3.52. The predicted molar refractivity (Wildman–Crippen MR) is 122 cm³/mol. The summed E-state index contributed by atoms with van der Waals surface area (Å²) < 4.78 is 29.5. The SMILES string of the molecule is Cc1nc(-c2cccc(NC(=O)Cc3cc([O])ccc3-c3ccccc3S(C)(=O)=O)c2)no1. The van der Waals surface area contributed by atoms with E-state index >= 15 is 0 Å². The van der Waals surface area contributed by atoms with Gasteiger partial charge in [0.1, 0.15) is 0 Å². The maximum Gasteiger partial charge on any atom is 0.228 e. The molecule has 3 aromatic carbocycles. The molecule has 8 nitrogen and oxygen atoms in total. The number of nitrogens with zero attached hydrogens (tertiary/aromatic N) is 2. The monoisotopic (exact) mass is 462 g/mol. The van der Waals surface area contributed by atoms with Crippen LogP contribution in [0.5, 0.6) is 5.75 Å². The molecule has 4 aromatic rings. The normalized spacial score (nSPS) is 11.3. The summed E-state index contributed by atoms with van der Waals surface area (Å²) >= 11 is 0. The first-order chi connectivity index (χ1) is 15.7. The van der Waals surface area contributed by atoms with Crippen LogP contribution in [-0.2, 0) is 26.2 Å². The summed E-state index contributed by atoms with van der Waals surface area (Å²) in [4.78, 5) is 17.1. The van der Waals surface area contributed by atoms with Gasteiger partial charge in [0.05, 0.1) is 11.3 Å². The van der Waals surface area contributed by atoms with E-state index in [1.807, 2.05) is 0 Å². The van der Waals surface area contributed by atoms with Crippen LogP contribution in [0.15, 0.2) is 76.1 Å². The molecule has 0 unspecified atom stereocenters. The van der Waals surface area contributed by atoms with Gasteiger partial charge in [0, 0.05) is 30.0 Å². The zero-order chi connectivity index (χ0) is 23.6. The van der Waals surface area contributed by atoms with Gasteiger partial charge in [-0.1, -0.05) is 41.6 Å². The van der Waals surface area contributed by atoms with Crippen LogP contribution >= 0.6 is 0 Å². The van der Waals surface area contributed by atoms with Crippen LogP contribution in [0, 0.1) is 6.92 Å². The minimum atomic E-state index is -3.51. The fourth-order valence-corrected chi connectivity index (χ4v) is 4.43. The number of carbonyl (C=O) groups is 1. The number of rotatable bonds is 6. The first-order valence-corrected chi connectivity index (χ1v) is 11.9. The lowest BCUT2D eigenvalue weighted by atomic mass is 9.97. The van der Waals surface area contributed by atoms with Crippen LogP contribution in [0.3, 0.4) is 0 Å². The van der Waals surface area contributed by atoms with Crippen molar-refractivity contribution in [3.8, 4) is 28.3 Å². The van der Waals surface area contributed by atoms with Gasteiger partial charge in [-0.15, -0.1) is 0 Å². The second-order valence-corrected chi connectivity index (χ2v) is 9.51. The summed E-state index contributed by atoms with van der Waals surface area (Å²) in [5.74, 6) is 0.203. The zero-order valence-electron chi connectivity index (χ0n) is 17.9. The summed E-state index contributed by atoms with van der Waals surface area (Å²) in [6, 6.07) is 17.7. The fraction of sp³-hybridized carbons (Fsp3) is 0.125. The van der Waals surface area contributed by atoms with Crippen LogP contribution in [-0.4, -0.2) is 30.7 Å². The van der Waals surface area contributed by atoms with Gasteiger partial charge < -0.3 is 9.84 Å². The molecule has 0 saturated heterocycles. The lowest BCUT2D eigenvalue weighted by molar-refractivity contribution is -0.115. The third kappa shape index (κ3) is 5.09. The number of hydrogen-bond acceptors (Lipinski definition) is 6. The highest BCUT2D eigenvalue weighted by Crippen LogP contribution is 2.32. The van der Waals surface area contributed by atoms with E-state index in [4.69, 9.17) is 4.52 Å². The quantitative estimate of drug-likeness (QED) is 0.452. The Morgan fingerprint density at radius 3 is 2.52 bits per heavy atom. The molecule has 1 heterocycles. The first-order valence-electron chi connectivity index (χ1n) is 10.0. The number of anilines is 1. The molecule has 0 fully saturated rings. The van der Waals surface area contributed by atoms with Crippen LogP contribution in [0.2, 0.25) is 0 Å². The van der Waals surface area contributed by atoms with Gasteiger partial charge >= 0.3 is 0 Å². The van der Waals surface area contributed by atoms with Crippen molar-refractivity contribution < 1.29 is 22.8 Å². The number of amides is 1. The molecule has 0 aliphatic heterocycles. The van der Waals surface area contributed by atoms with Crippen molar-refractivity contribution in [2.75, 3.05) is 11.6 Å². The smallest absolute Gasteiger partial charge is 0.228 e. The van der Waals surface area contributed by atoms with E-state index in [2.05, 4.69) is 15.5 Å². The number of benzene rings is 3. The zero-order valence-corrected chi connectivity index (χ0v) is 18.7.